The molecule has 0 aromatic carbocycles. The molecule has 0 amide bonds. The number of aryl methyl sites for hydroxylation is 2. The molecule has 3 nitrogen and oxygen atoms in total. The van der Waals surface area contributed by atoms with Gasteiger partial charge in [-0.3, -0.25) is 0 Å². The van der Waals surface area contributed by atoms with Crippen molar-refractivity contribution in [3.05, 3.63) is 29.2 Å². The molecule has 0 atom stereocenters. The molecule has 0 fully saturated rings. The van der Waals surface area contributed by atoms with Crippen LogP contribution in [0.5, 0.6) is 0 Å². The molecule has 0 saturated carbocycles. The number of nitrogens with zero attached hydrogens (tertiary/aromatic N) is 3. The normalized spacial score (nSPS) is 11.5. The monoisotopic (exact) mass is 189 g/mol. The van der Waals surface area contributed by atoms with Gasteiger partial charge in [-0.25, -0.2) is 9.50 Å². The molecule has 0 spiro atoms. The number of hydrogen-bond donors (Lipinski definition) is 0. The first kappa shape index (κ1) is 9.19. The molecule has 2 aromatic rings. The smallest absolute Gasteiger partial charge is 0.155 e. The molecule has 14 heavy (non-hydrogen) atoms. The van der Waals surface area contributed by atoms with Gasteiger partial charge in [0.25, 0.3) is 0 Å². The molecule has 0 saturated heterocycles. The third-order valence-corrected chi connectivity index (χ3v) is 2.34. The summed E-state index contributed by atoms with van der Waals surface area (Å²) in [7, 11) is 0. The van der Waals surface area contributed by atoms with Crippen molar-refractivity contribution in [3.8, 4) is 0 Å². The van der Waals surface area contributed by atoms with Crippen molar-refractivity contribution >= 4 is 5.65 Å². The Morgan fingerprint density at radius 1 is 1.21 bits per heavy atom. The van der Waals surface area contributed by atoms with Crippen LogP contribution in [0.2, 0.25) is 0 Å². The van der Waals surface area contributed by atoms with Crippen molar-refractivity contribution in [2.45, 2.75) is 33.6 Å². The van der Waals surface area contributed by atoms with Gasteiger partial charge in [0.2, 0.25) is 0 Å². The van der Waals surface area contributed by atoms with E-state index in [4.69, 9.17) is 0 Å². The zero-order chi connectivity index (χ0) is 10.3. The number of rotatable bonds is 1. The first-order chi connectivity index (χ1) is 6.58. The lowest BCUT2D eigenvalue weighted by Crippen LogP contribution is -1.97. The van der Waals surface area contributed by atoms with Crippen molar-refractivity contribution in [1.29, 1.82) is 0 Å². The average molecular weight is 189 g/mol. The third kappa shape index (κ3) is 1.39. The molecule has 2 heterocycles. The Hall–Kier alpha value is -1.38. The van der Waals surface area contributed by atoms with Gasteiger partial charge in [0.1, 0.15) is 0 Å². The second-order valence-electron chi connectivity index (χ2n) is 4.03. The van der Waals surface area contributed by atoms with Crippen LogP contribution in [0.15, 0.2) is 12.1 Å². The summed E-state index contributed by atoms with van der Waals surface area (Å²) in [5.74, 6) is 0.455. The molecular weight excluding hydrogens is 174 g/mol. The van der Waals surface area contributed by atoms with E-state index in [9.17, 15) is 0 Å². The molecule has 2 rings (SSSR count). The quantitative estimate of drug-likeness (QED) is 0.689. The van der Waals surface area contributed by atoms with E-state index in [1.165, 1.54) is 0 Å². The molecule has 0 unspecified atom stereocenters. The van der Waals surface area contributed by atoms with Crippen molar-refractivity contribution in [2.75, 3.05) is 0 Å². The third-order valence-electron chi connectivity index (χ3n) is 2.34. The average Bonchev–Trinajstić information content (AvgIpc) is 2.47. The standard InChI is InChI=1S/C11H15N3/c1-7(2)10-6-11-12-8(3)5-9(4)14(11)13-10/h5-7H,1-4H3. The SMILES string of the molecule is Cc1cc(C)n2nc(C(C)C)cc2n1. The van der Waals surface area contributed by atoms with Gasteiger partial charge in [-0.15, -0.1) is 0 Å². The number of aromatic nitrogens is 3. The summed E-state index contributed by atoms with van der Waals surface area (Å²) in [4.78, 5) is 4.44. The minimum atomic E-state index is 0.455. The summed E-state index contributed by atoms with van der Waals surface area (Å²) in [5.41, 5.74) is 4.24. The minimum absolute atomic E-state index is 0.455. The van der Waals surface area contributed by atoms with Crippen LogP contribution in [0.3, 0.4) is 0 Å². The highest BCUT2D eigenvalue weighted by Gasteiger charge is 2.07. The lowest BCUT2D eigenvalue weighted by Gasteiger charge is -1.99. The Morgan fingerprint density at radius 2 is 1.93 bits per heavy atom. The van der Waals surface area contributed by atoms with Crippen LogP contribution >= 0.6 is 0 Å². The maximum Gasteiger partial charge on any atom is 0.155 e. The van der Waals surface area contributed by atoms with Crippen LogP contribution in [0, 0.1) is 13.8 Å². The minimum Gasteiger partial charge on any atom is -0.234 e. The van der Waals surface area contributed by atoms with E-state index in [1.807, 2.05) is 17.5 Å². The van der Waals surface area contributed by atoms with E-state index in [0.29, 0.717) is 5.92 Å². The fourth-order valence-corrected chi connectivity index (χ4v) is 1.59. The molecule has 0 radical (unpaired) electrons. The summed E-state index contributed by atoms with van der Waals surface area (Å²) in [5, 5.41) is 4.51. The van der Waals surface area contributed by atoms with E-state index >= 15 is 0 Å². The van der Waals surface area contributed by atoms with Crippen molar-refractivity contribution in [3.63, 3.8) is 0 Å². The summed E-state index contributed by atoms with van der Waals surface area (Å²) in [6.45, 7) is 8.35. The van der Waals surface area contributed by atoms with Gasteiger partial charge in [0.05, 0.1) is 5.69 Å². The molecule has 0 aliphatic rings. The van der Waals surface area contributed by atoms with Crippen molar-refractivity contribution < 1.29 is 0 Å². The predicted molar refractivity (Wildman–Crippen MR) is 56.6 cm³/mol. The summed E-state index contributed by atoms with van der Waals surface area (Å²) in [6.07, 6.45) is 0. The van der Waals surface area contributed by atoms with Crippen LogP contribution in [-0.4, -0.2) is 14.6 Å². The predicted octanol–water partition coefficient (Wildman–Crippen LogP) is 2.47. The van der Waals surface area contributed by atoms with Crippen molar-refractivity contribution in [1.82, 2.24) is 14.6 Å². The molecule has 0 bridgehead atoms. The lowest BCUT2D eigenvalue weighted by molar-refractivity contribution is 0.775. The first-order valence-corrected chi connectivity index (χ1v) is 4.92. The molecule has 74 valence electrons. The number of hydrogen-bond acceptors (Lipinski definition) is 2. The first-order valence-electron chi connectivity index (χ1n) is 4.92. The number of fused-ring (bicyclic) bond motifs is 1. The van der Waals surface area contributed by atoms with E-state index < -0.39 is 0 Å². The highest BCUT2D eigenvalue weighted by Crippen LogP contribution is 2.15. The highest BCUT2D eigenvalue weighted by molar-refractivity contribution is 5.42. The molecule has 0 aliphatic carbocycles. The van der Waals surface area contributed by atoms with Gasteiger partial charge in [-0.2, -0.15) is 5.10 Å². The van der Waals surface area contributed by atoms with E-state index in [-0.39, 0.29) is 0 Å². The maximum atomic E-state index is 4.51. The second-order valence-corrected chi connectivity index (χ2v) is 4.03. The Labute approximate surface area is 83.8 Å². The Balaban J connectivity index is 2.70. The van der Waals surface area contributed by atoms with Gasteiger partial charge >= 0.3 is 0 Å². The summed E-state index contributed by atoms with van der Waals surface area (Å²) >= 11 is 0. The van der Waals surface area contributed by atoms with Crippen molar-refractivity contribution in [2.24, 2.45) is 0 Å². The topological polar surface area (TPSA) is 30.2 Å². The summed E-state index contributed by atoms with van der Waals surface area (Å²) in [6, 6.07) is 4.11. The largest absolute Gasteiger partial charge is 0.234 e. The molecule has 2 aromatic heterocycles. The van der Waals surface area contributed by atoms with Gasteiger partial charge < -0.3 is 0 Å². The summed E-state index contributed by atoms with van der Waals surface area (Å²) < 4.78 is 1.91. The maximum absolute atomic E-state index is 4.51. The van der Waals surface area contributed by atoms with Crippen LogP contribution in [0.25, 0.3) is 5.65 Å². The van der Waals surface area contributed by atoms with E-state index in [2.05, 4.69) is 36.9 Å². The fourth-order valence-electron chi connectivity index (χ4n) is 1.59. The zero-order valence-electron chi connectivity index (χ0n) is 9.07. The van der Waals surface area contributed by atoms with E-state index in [1.54, 1.807) is 0 Å². The highest BCUT2D eigenvalue weighted by atomic mass is 15.3. The lowest BCUT2D eigenvalue weighted by atomic mass is 10.1. The van der Waals surface area contributed by atoms with Gasteiger partial charge in [-0.1, -0.05) is 13.8 Å². The van der Waals surface area contributed by atoms with Gasteiger partial charge in [0.15, 0.2) is 5.65 Å². The van der Waals surface area contributed by atoms with Gasteiger partial charge in [0, 0.05) is 17.5 Å². The zero-order valence-corrected chi connectivity index (χ0v) is 9.07. The van der Waals surface area contributed by atoms with Crippen LogP contribution in [-0.2, 0) is 0 Å². The Kier molecular flexibility index (Phi) is 2.02. The van der Waals surface area contributed by atoms with Crippen LogP contribution in [0.1, 0.15) is 36.8 Å². The molecular formula is C11H15N3. The van der Waals surface area contributed by atoms with E-state index in [0.717, 1.165) is 22.7 Å². The fraction of sp³-hybridized carbons (Fsp3) is 0.455. The van der Waals surface area contributed by atoms with Crippen LogP contribution in [0.4, 0.5) is 0 Å². The Morgan fingerprint density at radius 3 is 2.57 bits per heavy atom. The molecule has 0 aliphatic heterocycles. The molecule has 3 heteroatoms. The second kappa shape index (κ2) is 3.08. The van der Waals surface area contributed by atoms with Gasteiger partial charge in [-0.05, 0) is 25.8 Å². The molecule has 0 N–H and O–H groups in total. The Bertz CT molecular complexity index is 469. The van der Waals surface area contributed by atoms with Crippen LogP contribution < -0.4 is 0 Å².